The molecule has 17 heavy (non-hydrogen) atoms. The first-order chi connectivity index (χ1) is 7.69. The van der Waals surface area contributed by atoms with Crippen LogP contribution < -0.4 is 5.32 Å². The molecule has 1 amide bonds. The van der Waals surface area contributed by atoms with E-state index in [1.54, 1.807) is 0 Å². The van der Waals surface area contributed by atoms with Crippen LogP contribution in [0.3, 0.4) is 0 Å². The molecule has 1 N–H and O–H groups in total. The molecule has 1 aliphatic heterocycles. The lowest BCUT2D eigenvalue weighted by molar-refractivity contribution is 0.0139. The van der Waals surface area contributed by atoms with Crippen molar-refractivity contribution in [3.05, 3.63) is 0 Å². The molecule has 0 aromatic rings. The smallest absolute Gasteiger partial charge is 0.410 e. The van der Waals surface area contributed by atoms with Crippen molar-refractivity contribution in [3.63, 3.8) is 0 Å². The van der Waals surface area contributed by atoms with E-state index in [-0.39, 0.29) is 6.09 Å². The summed E-state index contributed by atoms with van der Waals surface area (Å²) in [4.78, 5) is 13.8. The van der Waals surface area contributed by atoms with Crippen LogP contribution in [0.4, 0.5) is 4.79 Å². The third-order valence-electron chi connectivity index (χ3n) is 2.87. The topological polar surface area (TPSA) is 41.6 Å². The molecule has 2 atom stereocenters. The maximum atomic E-state index is 12.0. The normalized spacial score (nSPS) is 26.2. The molecule has 100 valence electrons. The summed E-state index contributed by atoms with van der Waals surface area (Å²) in [5, 5.41) is 3.51. The van der Waals surface area contributed by atoms with Gasteiger partial charge in [0.25, 0.3) is 0 Å². The Morgan fingerprint density at radius 1 is 1.35 bits per heavy atom. The van der Waals surface area contributed by atoms with Crippen molar-refractivity contribution >= 4 is 6.09 Å². The maximum Gasteiger partial charge on any atom is 0.410 e. The van der Waals surface area contributed by atoms with Crippen LogP contribution >= 0.6 is 0 Å². The van der Waals surface area contributed by atoms with Crippen molar-refractivity contribution in [3.8, 4) is 0 Å². The molecule has 4 nitrogen and oxygen atoms in total. The van der Waals surface area contributed by atoms with E-state index in [0.29, 0.717) is 18.0 Å². The van der Waals surface area contributed by atoms with Gasteiger partial charge in [0.2, 0.25) is 0 Å². The highest BCUT2D eigenvalue weighted by molar-refractivity contribution is 5.68. The third-order valence-corrected chi connectivity index (χ3v) is 2.87. The van der Waals surface area contributed by atoms with E-state index in [1.807, 2.05) is 25.7 Å². The van der Waals surface area contributed by atoms with E-state index in [9.17, 15) is 4.79 Å². The lowest BCUT2D eigenvalue weighted by atomic mass is 10.00. The van der Waals surface area contributed by atoms with Crippen molar-refractivity contribution in [2.75, 3.05) is 13.1 Å². The quantitative estimate of drug-likeness (QED) is 0.766. The predicted molar refractivity (Wildman–Crippen MR) is 69.0 cm³/mol. The maximum absolute atomic E-state index is 12.0. The summed E-state index contributed by atoms with van der Waals surface area (Å²) in [6, 6.07) is 0.676. The minimum atomic E-state index is -0.418. The molecule has 0 bridgehead atoms. The second-order valence-corrected chi connectivity index (χ2v) is 6.30. The van der Waals surface area contributed by atoms with Crippen LogP contribution in [0.15, 0.2) is 0 Å². The third kappa shape index (κ3) is 4.54. The summed E-state index contributed by atoms with van der Waals surface area (Å²) in [5.41, 5.74) is -0.418. The van der Waals surface area contributed by atoms with Gasteiger partial charge >= 0.3 is 6.09 Å². The molecule has 1 fully saturated rings. The fraction of sp³-hybridized carbons (Fsp3) is 0.923. The Morgan fingerprint density at radius 2 is 1.94 bits per heavy atom. The molecule has 1 unspecified atom stereocenters. The van der Waals surface area contributed by atoms with Gasteiger partial charge in [-0.2, -0.15) is 0 Å². The molecule has 1 saturated heterocycles. The number of nitrogens with one attached hydrogen (secondary N) is 1. The van der Waals surface area contributed by atoms with Gasteiger partial charge in [0, 0.05) is 25.2 Å². The molecule has 0 aromatic heterocycles. The number of hydrogen-bond donors (Lipinski definition) is 1. The van der Waals surface area contributed by atoms with Crippen LogP contribution in [-0.4, -0.2) is 41.8 Å². The molecule has 0 spiro atoms. The van der Waals surface area contributed by atoms with Gasteiger partial charge in [0.15, 0.2) is 0 Å². The van der Waals surface area contributed by atoms with Gasteiger partial charge in [0.1, 0.15) is 5.60 Å². The number of rotatable bonds is 1. The fourth-order valence-electron chi connectivity index (χ4n) is 1.99. The minimum absolute atomic E-state index is 0.198. The predicted octanol–water partition coefficient (Wildman–Crippen LogP) is 2.24. The zero-order valence-corrected chi connectivity index (χ0v) is 11.9. The summed E-state index contributed by atoms with van der Waals surface area (Å²) in [5.74, 6) is 0.516. The van der Waals surface area contributed by atoms with Gasteiger partial charge in [-0.25, -0.2) is 4.79 Å². The Bertz CT molecular complexity index is 271. The van der Waals surface area contributed by atoms with E-state index in [4.69, 9.17) is 4.74 Å². The molecular formula is C13H26N2O2. The number of carbonyl (C=O) groups is 1. The number of ether oxygens (including phenoxy) is 1. The molecule has 1 heterocycles. The zero-order valence-electron chi connectivity index (χ0n) is 11.9. The molecule has 0 saturated carbocycles. The van der Waals surface area contributed by atoms with Gasteiger partial charge < -0.3 is 15.0 Å². The summed E-state index contributed by atoms with van der Waals surface area (Å²) >= 11 is 0. The lowest BCUT2D eigenvalue weighted by Gasteiger charge is -2.39. The first-order valence-corrected chi connectivity index (χ1v) is 6.43. The van der Waals surface area contributed by atoms with Crippen molar-refractivity contribution in [1.82, 2.24) is 10.2 Å². The Kier molecular flexibility index (Phi) is 4.42. The lowest BCUT2D eigenvalue weighted by Crippen LogP contribution is -2.59. The van der Waals surface area contributed by atoms with E-state index in [0.717, 1.165) is 13.1 Å². The van der Waals surface area contributed by atoms with Crippen LogP contribution in [0, 0.1) is 5.92 Å². The molecule has 0 aromatic carbocycles. The molecular weight excluding hydrogens is 216 g/mol. The van der Waals surface area contributed by atoms with Gasteiger partial charge in [-0.1, -0.05) is 13.8 Å². The van der Waals surface area contributed by atoms with E-state index >= 15 is 0 Å². The Balaban J connectivity index is 2.61. The van der Waals surface area contributed by atoms with Crippen LogP contribution in [0.1, 0.15) is 41.5 Å². The Morgan fingerprint density at radius 3 is 2.41 bits per heavy atom. The monoisotopic (exact) mass is 242 g/mol. The van der Waals surface area contributed by atoms with E-state index in [2.05, 4.69) is 26.1 Å². The summed E-state index contributed by atoms with van der Waals surface area (Å²) in [6.07, 6.45) is -0.198. The fourth-order valence-corrected chi connectivity index (χ4v) is 1.99. The zero-order chi connectivity index (χ0) is 13.2. The Labute approximate surface area is 105 Å². The summed E-state index contributed by atoms with van der Waals surface area (Å²) in [7, 11) is 0. The molecule has 0 radical (unpaired) electrons. The average Bonchev–Trinajstić information content (AvgIpc) is 2.13. The number of piperazine rings is 1. The van der Waals surface area contributed by atoms with Gasteiger partial charge in [-0.05, 0) is 33.6 Å². The van der Waals surface area contributed by atoms with Crippen molar-refractivity contribution in [1.29, 1.82) is 0 Å². The van der Waals surface area contributed by atoms with Gasteiger partial charge in [-0.15, -0.1) is 0 Å². The standard InChI is InChI=1S/C13H26N2O2/c1-9(2)11-8-15(7-10(3)14-11)12(16)17-13(4,5)6/h9-11,14H,7-8H2,1-6H3/t10?,11-/m1/s1. The average molecular weight is 242 g/mol. The van der Waals surface area contributed by atoms with E-state index in [1.165, 1.54) is 0 Å². The van der Waals surface area contributed by atoms with Crippen LogP contribution in [0.2, 0.25) is 0 Å². The van der Waals surface area contributed by atoms with Crippen LogP contribution in [0.25, 0.3) is 0 Å². The second kappa shape index (κ2) is 5.25. The Hall–Kier alpha value is -0.770. The minimum Gasteiger partial charge on any atom is -0.444 e. The number of nitrogens with zero attached hydrogens (tertiary/aromatic N) is 1. The largest absolute Gasteiger partial charge is 0.444 e. The highest BCUT2D eigenvalue weighted by atomic mass is 16.6. The molecule has 1 aliphatic rings. The van der Waals surface area contributed by atoms with Crippen molar-refractivity contribution < 1.29 is 9.53 Å². The molecule has 1 rings (SSSR count). The van der Waals surface area contributed by atoms with Crippen LogP contribution in [-0.2, 0) is 4.74 Å². The second-order valence-electron chi connectivity index (χ2n) is 6.30. The first-order valence-electron chi connectivity index (χ1n) is 6.43. The first kappa shape index (κ1) is 14.3. The number of amides is 1. The number of hydrogen-bond acceptors (Lipinski definition) is 3. The van der Waals surface area contributed by atoms with Gasteiger partial charge in [-0.3, -0.25) is 0 Å². The molecule has 0 aliphatic carbocycles. The van der Waals surface area contributed by atoms with Crippen molar-refractivity contribution in [2.45, 2.75) is 59.2 Å². The highest BCUT2D eigenvalue weighted by Crippen LogP contribution is 2.15. The highest BCUT2D eigenvalue weighted by Gasteiger charge is 2.31. The van der Waals surface area contributed by atoms with Gasteiger partial charge in [0.05, 0.1) is 0 Å². The van der Waals surface area contributed by atoms with E-state index < -0.39 is 5.60 Å². The summed E-state index contributed by atoms with van der Waals surface area (Å²) in [6.45, 7) is 13.6. The van der Waals surface area contributed by atoms with Crippen LogP contribution in [0.5, 0.6) is 0 Å². The number of carbonyl (C=O) groups excluding carboxylic acids is 1. The molecule has 4 heteroatoms. The summed E-state index contributed by atoms with van der Waals surface area (Å²) < 4.78 is 5.41. The van der Waals surface area contributed by atoms with Crippen molar-refractivity contribution in [2.24, 2.45) is 5.92 Å². The SMILES string of the molecule is CC1CN(C(=O)OC(C)(C)C)C[C@H](C(C)C)N1.